The van der Waals surface area contributed by atoms with Gasteiger partial charge in [-0.15, -0.1) is 0 Å². The lowest BCUT2D eigenvalue weighted by Gasteiger charge is -2.20. The number of carbonyl (C=O) groups is 2. The summed E-state index contributed by atoms with van der Waals surface area (Å²) >= 11 is 0. The Morgan fingerprint density at radius 2 is 2.05 bits per heavy atom. The van der Waals surface area contributed by atoms with Crippen molar-refractivity contribution in [2.24, 2.45) is 0 Å². The van der Waals surface area contributed by atoms with Crippen molar-refractivity contribution < 1.29 is 23.1 Å². The summed E-state index contributed by atoms with van der Waals surface area (Å²) in [6, 6.07) is -0.0705. The van der Waals surface area contributed by atoms with Gasteiger partial charge in [-0.2, -0.15) is 5.26 Å². The summed E-state index contributed by atoms with van der Waals surface area (Å²) in [6.45, 7) is 0.167. The molecule has 2 amide bonds. The molecule has 0 saturated carbocycles. The van der Waals surface area contributed by atoms with Gasteiger partial charge in [-0.3, -0.25) is 0 Å². The maximum absolute atomic E-state index is 11.6. The predicted molar refractivity (Wildman–Crippen MR) is 67.1 cm³/mol. The molecule has 2 N–H and O–H groups in total. The molecule has 0 aromatic carbocycles. The molecule has 0 aliphatic rings. The number of nitrogens with one attached hydrogen (secondary N) is 1. The van der Waals surface area contributed by atoms with E-state index in [2.05, 4.69) is 5.32 Å². The molecule has 0 saturated heterocycles. The number of rotatable bonds is 7. The minimum Gasteiger partial charge on any atom is -0.480 e. The van der Waals surface area contributed by atoms with Crippen LogP contribution in [0.2, 0.25) is 0 Å². The number of hydrogen-bond donors (Lipinski definition) is 2. The highest BCUT2D eigenvalue weighted by molar-refractivity contribution is 7.90. The molecule has 0 bridgehead atoms. The highest BCUT2D eigenvalue weighted by atomic mass is 32.2. The van der Waals surface area contributed by atoms with Gasteiger partial charge in [0, 0.05) is 19.8 Å². The van der Waals surface area contributed by atoms with E-state index in [0.29, 0.717) is 0 Å². The molecular weight excluding hydrogens is 274 g/mol. The summed E-state index contributed by atoms with van der Waals surface area (Å²) in [7, 11) is -1.88. The Balaban J connectivity index is 4.47. The zero-order valence-corrected chi connectivity index (χ0v) is 11.6. The van der Waals surface area contributed by atoms with Crippen molar-refractivity contribution in [3.05, 3.63) is 0 Å². The van der Waals surface area contributed by atoms with E-state index < -0.39 is 27.9 Å². The molecule has 1 atom stereocenters. The van der Waals surface area contributed by atoms with Crippen molar-refractivity contribution in [2.75, 3.05) is 25.6 Å². The zero-order valence-electron chi connectivity index (χ0n) is 10.8. The Bertz CT molecular complexity index is 468. The van der Waals surface area contributed by atoms with Crippen LogP contribution in [0.4, 0.5) is 4.79 Å². The average Bonchev–Trinajstić information content (AvgIpc) is 2.29. The van der Waals surface area contributed by atoms with Crippen molar-refractivity contribution in [2.45, 2.75) is 18.9 Å². The predicted octanol–water partition coefficient (Wildman–Crippen LogP) is -0.571. The largest absolute Gasteiger partial charge is 0.480 e. The molecule has 1 unspecified atom stereocenters. The normalized spacial score (nSPS) is 12.3. The maximum atomic E-state index is 11.6. The number of carboxylic acids is 1. The fraction of sp³-hybridized carbons (Fsp3) is 0.700. The Morgan fingerprint density at radius 3 is 2.47 bits per heavy atom. The minimum absolute atomic E-state index is 0.130. The average molecular weight is 291 g/mol. The second-order valence-electron chi connectivity index (χ2n) is 4.09. The summed E-state index contributed by atoms with van der Waals surface area (Å²) in [5.74, 6) is -1.63. The number of hydrogen-bond acceptors (Lipinski definition) is 5. The van der Waals surface area contributed by atoms with E-state index in [1.165, 1.54) is 11.9 Å². The first-order valence-electron chi connectivity index (χ1n) is 5.46. The fourth-order valence-electron chi connectivity index (χ4n) is 1.17. The van der Waals surface area contributed by atoms with Crippen molar-refractivity contribution in [3.63, 3.8) is 0 Å². The maximum Gasteiger partial charge on any atom is 0.326 e. The van der Waals surface area contributed by atoms with E-state index in [-0.39, 0.29) is 25.1 Å². The van der Waals surface area contributed by atoms with Crippen LogP contribution in [-0.4, -0.2) is 62.1 Å². The Kier molecular flexibility index (Phi) is 6.85. The number of amides is 2. The van der Waals surface area contributed by atoms with Gasteiger partial charge in [-0.05, 0) is 6.42 Å². The third-order valence-electron chi connectivity index (χ3n) is 2.28. The smallest absolute Gasteiger partial charge is 0.326 e. The van der Waals surface area contributed by atoms with Gasteiger partial charge in [0.2, 0.25) is 0 Å². The van der Waals surface area contributed by atoms with Crippen LogP contribution < -0.4 is 5.32 Å². The van der Waals surface area contributed by atoms with Crippen LogP contribution in [0.5, 0.6) is 0 Å². The number of carbonyl (C=O) groups excluding carboxylic acids is 1. The van der Waals surface area contributed by atoms with Crippen LogP contribution >= 0.6 is 0 Å². The molecule has 0 fully saturated rings. The van der Waals surface area contributed by atoms with Crippen molar-refractivity contribution in [3.8, 4) is 6.07 Å². The van der Waals surface area contributed by atoms with Crippen molar-refractivity contribution >= 4 is 21.8 Å². The first kappa shape index (κ1) is 17.2. The van der Waals surface area contributed by atoms with Crippen LogP contribution in [0.1, 0.15) is 12.8 Å². The molecule has 0 heterocycles. The van der Waals surface area contributed by atoms with Gasteiger partial charge in [-0.25, -0.2) is 18.0 Å². The minimum atomic E-state index is -3.29. The number of urea groups is 1. The molecule has 0 aliphatic heterocycles. The van der Waals surface area contributed by atoms with E-state index in [1.807, 2.05) is 6.07 Å². The van der Waals surface area contributed by atoms with Crippen LogP contribution in [0.3, 0.4) is 0 Å². The number of nitriles is 1. The molecule has 0 rings (SSSR count). The zero-order chi connectivity index (χ0) is 15.1. The van der Waals surface area contributed by atoms with Gasteiger partial charge in [0.05, 0.1) is 18.2 Å². The SMILES string of the molecule is CN(CCC#N)C(=O)NC(CCS(C)(=O)=O)C(=O)O. The van der Waals surface area contributed by atoms with E-state index in [4.69, 9.17) is 10.4 Å². The first-order chi connectivity index (χ1) is 8.67. The molecule has 9 heteroatoms. The van der Waals surface area contributed by atoms with E-state index in [1.54, 1.807) is 0 Å². The Morgan fingerprint density at radius 1 is 1.47 bits per heavy atom. The lowest BCUT2D eigenvalue weighted by Crippen LogP contribution is -2.47. The molecule has 8 nitrogen and oxygen atoms in total. The monoisotopic (exact) mass is 291 g/mol. The number of aliphatic carboxylic acids is 1. The fourth-order valence-corrected chi connectivity index (χ4v) is 1.83. The van der Waals surface area contributed by atoms with Crippen LogP contribution in [0, 0.1) is 11.3 Å². The Hall–Kier alpha value is -1.82. The van der Waals surface area contributed by atoms with Gasteiger partial charge in [0.25, 0.3) is 0 Å². The van der Waals surface area contributed by atoms with Gasteiger partial charge in [0.15, 0.2) is 0 Å². The number of sulfone groups is 1. The van der Waals surface area contributed by atoms with Crippen LogP contribution in [-0.2, 0) is 14.6 Å². The lowest BCUT2D eigenvalue weighted by atomic mass is 10.2. The molecular formula is C10H17N3O5S. The quantitative estimate of drug-likeness (QED) is 0.646. The van der Waals surface area contributed by atoms with Crippen molar-refractivity contribution in [1.29, 1.82) is 5.26 Å². The second kappa shape index (κ2) is 7.58. The molecule has 19 heavy (non-hydrogen) atoms. The molecule has 0 radical (unpaired) electrons. The summed E-state index contributed by atoms with van der Waals surface area (Å²) in [5, 5.41) is 19.5. The van der Waals surface area contributed by atoms with E-state index >= 15 is 0 Å². The molecule has 0 aliphatic carbocycles. The molecule has 0 aromatic rings. The van der Waals surface area contributed by atoms with Crippen LogP contribution in [0.15, 0.2) is 0 Å². The number of nitrogens with zero attached hydrogens (tertiary/aromatic N) is 2. The summed E-state index contributed by atoms with van der Waals surface area (Å²) in [4.78, 5) is 23.7. The summed E-state index contributed by atoms with van der Waals surface area (Å²) in [5.41, 5.74) is 0. The summed E-state index contributed by atoms with van der Waals surface area (Å²) in [6.07, 6.45) is 0.920. The second-order valence-corrected chi connectivity index (χ2v) is 6.35. The van der Waals surface area contributed by atoms with Crippen LogP contribution in [0.25, 0.3) is 0 Å². The van der Waals surface area contributed by atoms with Gasteiger partial charge < -0.3 is 15.3 Å². The molecule has 0 aromatic heterocycles. The first-order valence-corrected chi connectivity index (χ1v) is 7.52. The standard InChI is InChI=1S/C10H17N3O5S/c1-13(6-3-5-11)10(16)12-8(9(14)15)4-7-19(2,17)18/h8H,3-4,6-7H2,1-2H3,(H,12,16)(H,14,15). The highest BCUT2D eigenvalue weighted by Crippen LogP contribution is 1.99. The number of carboxylic acid groups (broad SMARTS) is 1. The topological polar surface area (TPSA) is 128 Å². The molecule has 0 spiro atoms. The van der Waals surface area contributed by atoms with Gasteiger partial charge in [0.1, 0.15) is 15.9 Å². The van der Waals surface area contributed by atoms with E-state index in [0.717, 1.165) is 6.26 Å². The van der Waals surface area contributed by atoms with Gasteiger partial charge >= 0.3 is 12.0 Å². The van der Waals surface area contributed by atoms with Crippen molar-refractivity contribution in [1.82, 2.24) is 10.2 Å². The third-order valence-corrected chi connectivity index (χ3v) is 3.26. The van der Waals surface area contributed by atoms with Gasteiger partial charge in [-0.1, -0.05) is 0 Å². The lowest BCUT2D eigenvalue weighted by molar-refractivity contribution is -0.139. The molecule has 108 valence electrons. The van der Waals surface area contributed by atoms with E-state index in [9.17, 15) is 18.0 Å². The summed E-state index contributed by atoms with van der Waals surface area (Å²) < 4.78 is 21.9. The highest BCUT2D eigenvalue weighted by Gasteiger charge is 2.22. The third kappa shape index (κ3) is 7.99. The Labute approximate surface area is 111 Å².